The molecule has 23 heavy (non-hydrogen) atoms. The highest BCUT2D eigenvalue weighted by molar-refractivity contribution is 5.94. The molecule has 1 rings (SSSR count). The predicted molar refractivity (Wildman–Crippen MR) is 99.3 cm³/mol. The highest BCUT2D eigenvalue weighted by Gasteiger charge is 2.09. The van der Waals surface area contributed by atoms with Crippen molar-refractivity contribution in [3.63, 3.8) is 0 Å². The van der Waals surface area contributed by atoms with Crippen molar-refractivity contribution in [2.75, 3.05) is 38.1 Å². The summed E-state index contributed by atoms with van der Waals surface area (Å²) in [6, 6.07) is 8.38. The number of nitrogens with zero attached hydrogens (tertiary/aromatic N) is 2. The number of hydrogen-bond donors (Lipinski definition) is 1. The molecule has 0 unspecified atom stereocenters. The van der Waals surface area contributed by atoms with Crippen molar-refractivity contribution < 1.29 is 4.79 Å². The number of benzene rings is 1. The quantitative estimate of drug-likeness (QED) is 0.718. The molecule has 0 aliphatic heterocycles. The minimum atomic E-state index is 0.00701. The molecular weight excluding hydrogens is 286 g/mol. The lowest BCUT2D eigenvalue weighted by atomic mass is 10.1. The lowest BCUT2D eigenvalue weighted by Gasteiger charge is -2.24. The second kappa shape index (κ2) is 10.3. The summed E-state index contributed by atoms with van der Waals surface area (Å²) in [4.78, 5) is 16.8. The second-order valence-electron chi connectivity index (χ2n) is 6.30. The molecule has 0 bridgehead atoms. The van der Waals surface area contributed by atoms with Gasteiger partial charge in [0.1, 0.15) is 0 Å². The molecule has 0 radical (unpaired) electrons. The van der Waals surface area contributed by atoms with Crippen LogP contribution in [0.25, 0.3) is 0 Å². The normalized spacial score (nSPS) is 11.1. The van der Waals surface area contributed by atoms with Gasteiger partial charge in [-0.1, -0.05) is 20.3 Å². The van der Waals surface area contributed by atoms with Crippen molar-refractivity contribution in [3.05, 3.63) is 29.8 Å². The summed E-state index contributed by atoms with van der Waals surface area (Å²) in [7, 11) is 2.09. The molecule has 1 amide bonds. The van der Waals surface area contributed by atoms with Crippen molar-refractivity contribution in [3.8, 4) is 0 Å². The molecule has 0 aromatic heterocycles. The second-order valence-corrected chi connectivity index (χ2v) is 6.30. The third-order valence-electron chi connectivity index (χ3n) is 4.24. The first-order valence-corrected chi connectivity index (χ1v) is 8.83. The van der Waals surface area contributed by atoms with Crippen LogP contribution in [-0.4, -0.2) is 50.1 Å². The molecule has 4 heteroatoms. The number of carbonyl (C=O) groups excluding carboxylic acids is 1. The van der Waals surface area contributed by atoms with Gasteiger partial charge in [-0.3, -0.25) is 9.69 Å². The summed E-state index contributed by atoms with van der Waals surface area (Å²) in [6.45, 7) is 12.3. The first-order chi connectivity index (χ1) is 11.0. The summed E-state index contributed by atoms with van der Waals surface area (Å²) >= 11 is 0. The van der Waals surface area contributed by atoms with Crippen LogP contribution >= 0.6 is 0 Å². The Labute approximate surface area is 141 Å². The van der Waals surface area contributed by atoms with Gasteiger partial charge in [-0.05, 0) is 51.1 Å². The molecule has 0 heterocycles. The van der Waals surface area contributed by atoms with Crippen LogP contribution in [0.3, 0.4) is 0 Å². The smallest absolute Gasteiger partial charge is 0.251 e. The lowest BCUT2D eigenvalue weighted by molar-refractivity contribution is 0.0946. The van der Waals surface area contributed by atoms with Crippen LogP contribution in [0.5, 0.6) is 0 Å². The monoisotopic (exact) mass is 319 g/mol. The Hall–Kier alpha value is -1.55. The van der Waals surface area contributed by atoms with E-state index in [4.69, 9.17) is 0 Å². The van der Waals surface area contributed by atoms with Crippen LogP contribution in [0.4, 0.5) is 5.69 Å². The van der Waals surface area contributed by atoms with E-state index in [9.17, 15) is 4.79 Å². The van der Waals surface area contributed by atoms with Crippen LogP contribution in [0.1, 0.15) is 50.9 Å². The number of carbonyl (C=O) groups is 1. The van der Waals surface area contributed by atoms with Crippen LogP contribution in [0, 0.1) is 0 Å². The molecule has 0 saturated carbocycles. The fourth-order valence-electron chi connectivity index (χ4n) is 2.59. The maximum atomic E-state index is 12.2. The number of unbranched alkanes of at least 4 members (excludes halogenated alkanes) is 1. The molecule has 0 atom stereocenters. The third-order valence-corrected chi connectivity index (χ3v) is 4.24. The first kappa shape index (κ1) is 19.5. The SMILES string of the molecule is CCCCN(C)c1ccc(C(=O)NCCN(CC)C(C)C)cc1. The molecule has 0 spiro atoms. The molecule has 4 nitrogen and oxygen atoms in total. The minimum absolute atomic E-state index is 0.00701. The number of amides is 1. The van der Waals surface area contributed by atoms with Crippen molar-refractivity contribution in [1.82, 2.24) is 10.2 Å². The molecule has 1 aromatic carbocycles. The van der Waals surface area contributed by atoms with Gasteiger partial charge in [0, 0.05) is 44.0 Å². The maximum absolute atomic E-state index is 12.2. The number of nitrogens with one attached hydrogen (secondary N) is 1. The van der Waals surface area contributed by atoms with Gasteiger partial charge >= 0.3 is 0 Å². The van der Waals surface area contributed by atoms with Gasteiger partial charge in [0.15, 0.2) is 0 Å². The van der Waals surface area contributed by atoms with Crippen LogP contribution in [0.15, 0.2) is 24.3 Å². The average Bonchev–Trinajstić information content (AvgIpc) is 2.56. The average molecular weight is 319 g/mol. The van der Waals surface area contributed by atoms with Gasteiger partial charge in [-0.25, -0.2) is 0 Å². The summed E-state index contributed by atoms with van der Waals surface area (Å²) in [5.41, 5.74) is 1.89. The Balaban J connectivity index is 2.48. The number of rotatable bonds is 10. The van der Waals surface area contributed by atoms with Gasteiger partial charge in [-0.2, -0.15) is 0 Å². The summed E-state index contributed by atoms with van der Waals surface area (Å²) in [6.07, 6.45) is 2.37. The standard InChI is InChI=1S/C19H33N3O/c1-6-8-14-21(5)18-11-9-17(10-12-18)19(23)20-13-15-22(7-2)16(3)4/h9-12,16H,6-8,13-15H2,1-5H3,(H,20,23). The molecule has 0 aliphatic carbocycles. The fraction of sp³-hybridized carbons (Fsp3) is 0.632. The van der Waals surface area contributed by atoms with E-state index in [1.807, 2.05) is 24.3 Å². The topological polar surface area (TPSA) is 35.6 Å². The molecular formula is C19H33N3O. The van der Waals surface area contributed by atoms with Gasteiger partial charge in [0.2, 0.25) is 0 Å². The van der Waals surface area contributed by atoms with Gasteiger partial charge < -0.3 is 10.2 Å². The number of hydrogen-bond acceptors (Lipinski definition) is 3. The van der Waals surface area contributed by atoms with E-state index in [-0.39, 0.29) is 5.91 Å². The summed E-state index contributed by atoms with van der Waals surface area (Å²) in [5, 5.41) is 3.01. The number of anilines is 1. The molecule has 0 aliphatic rings. The van der Waals surface area contributed by atoms with Crippen molar-refractivity contribution >= 4 is 11.6 Å². The van der Waals surface area contributed by atoms with Gasteiger partial charge in [0.25, 0.3) is 5.91 Å². The van der Waals surface area contributed by atoms with Crippen LogP contribution in [0.2, 0.25) is 0 Å². The largest absolute Gasteiger partial charge is 0.375 e. The van der Waals surface area contributed by atoms with E-state index < -0.39 is 0 Å². The van der Waals surface area contributed by atoms with Crippen LogP contribution < -0.4 is 10.2 Å². The Kier molecular flexibility index (Phi) is 8.70. The van der Waals surface area contributed by atoms with Crippen molar-refractivity contribution in [2.45, 2.75) is 46.6 Å². The minimum Gasteiger partial charge on any atom is -0.375 e. The summed E-state index contributed by atoms with van der Waals surface area (Å²) in [5.74, 6) is 0.00701. The molecule has 0 saturated heterocycles. The van der Waals surface area contributed by atoms with E-state index in [2.05, 4.69) is 49.9 Å². The molecule has 1 N–H and O–H groups in total. The Bertz CT molecular complexity index is 456. The first-order valence-electron chi connectivity index (χ1n) is 8.83. The molecule has 0 fully saturated rings. The zero-order chi connectivity index (χ0) is 17.2. The summed E-state index contributed by atoms with van der Waals surface area (Å²) < 4.78 is 0. The number of likely N-dealkylation sites (N-methyl/N-ethyl adjacent to an activating group) is 1. The Morgan fingerprint density at radius 1 is 1.13 bits per heavy atom. The Morgan fingerprint density at radius 3 is 2.30 bits per heavy atom. The zero-order valence-corrected chi connectivity index (χ0v) is 15.4. The molecule has 130 valence electrons. The van der Waals surface area contributed by atoms with E-state index in [0.29, 0.717) is 12.6 Å². The lowest BCUT2D eigenvalue weighted by Crippen LogP contribution is -2.38. The maximum Gasteiger partial charge on any atom is 0.251 e. The zero-order valence-electron chi connectivity index (χ0n) is 15.4. The van der Waals surface area contributed by atoms with Gasteiger partial charge in [0.05, 0.1) is 0 Å². The highest BCUT2D eigenvalue weighted by atomic mass is 16.1. The van der Waals surface area contributed by atoms with E-state index in [1.54, 1.807) is 0 Å². The predicted octanol–water partition coefficient (Wildman–Crippen LogP) is 3.38. The fourth-order valence-corrected chi connectivity index (χ4v) is 2.59. The van der Waals surface area contributed by atoms with Crippen molar-refractivity contribution in [1.29, 1.82) is 0 Å². The van der Waals surface area contributed by atoms with Crippen LogP contribution in [-0.2, 0) is 0 Å². The van der Waals surface area contributed by atoms with E-state index in [0.717, 1.165) is 30.9 Å². The Morgan fingerprint density at radius 2 is 1.78 bits per heavy atom. The van der Waals surface area contributed by atoms with Gasteiger partial charge in [-0.15, -0.1) is 0 Å². The highest BCUT2D eigenvalue weighted by Crippen LogP contribution is 2.14. The molecule has 1 aromatic rings. The van der Waals surface area contributed by atoms with E-state index >= 15 is 0 Å². The van der Waals surface area contributed by atoms with E-state index in [1.165, 1.54) is 12.8 Å². The third kappa shape index (κ3) is 6.61. The van der Waals surface area contributed by atoms with Crippen molar-refractivity contribution in [2.24, 2.45) is 0 Å².